The molecule has 1 heterocycles. The summed E-state index contributed by atoms with van der Waals surface area (Å²) >= 11 is 5.18. The van der Waals surface area contributed by atoms with Crippen molar-refractivity contribution in [2.75, 3.05) is 12.4 Å². The van der Waals surface area contributed by atoms with Gasteiger partial charge in [-0.05, 0) is 30.3 Å². The number of ether oxygens (including phenoxy) is 1. The molecule has 3 nitrogen and oxygen atoms in total. The first-order chi connectivity index (χ1) is 9.76. The van der Waals surface area contributed by atoms with Gasteiger partial charge in [0.05, 0.1) is 29.6 Å². The standard InChI is InChI=1S/C15H13BrN2OS/c1-19-13-7-6-10(16)8-12(13)17-9-15-18-11-4-2-3-5-14(11)20-15/h2-8,17H,9H2,1H3. The summed E-state index contributed by atoms with van der Waals surface area (Å²) in [6, 6.07) is 14.1. The summed E-state index contributed by atoms with van der Waals surface area (Å²) in [5.41, 5.74) is 2.01. The molecule has 1 N–H and O–H groups in total. The van der Waals surface area contributed by atoms with Crippen LogP contribution in [0.4, 0.5) is 5.69 Å². The van der Waals surface area contributed by atoms with Crippen LogP contribution in [0.3, 0.4) is 0 Å². The molecule has 0 saturated carbocycles. The summed E-state index contributed by atoms with van der Waals surface area (Å²) in [4.78, 5) is 4.61. The highest BCUT2D eigenvalue weighted by molar-refractivity contribution is 9.10. The highest BCUT2D eigenvalue weighted by Gasteiger charge is 2.06. The number of fused-ring (bicyclic) bond motifs is 1. The number of hydrogen-bond donors (Lipinski definition) is 1. The van der Waals surface area contributed by atoms with Crippen LogP contribution in [0.15, 0.2) is 46.9 Å². The third-order valence-electron chi connectivity index (χ3n) is 2.93. The zero-order chi connectivity index (χ0) is 13.9. The number of nitrogens with zero attached hydrogens (tertiary/aromatic N) is 1. The second-order valence-electron chi connectivity index (χ2n) is 4.27. The van der Waals surface area contributed by atoms with E-state index in [4.69, 9.17) is 4.74 Å². The van der Waals surface area contributed by atoms with Crippen molar-refractivity contribution >= 4 is 43.2 Å². The Hall–Kier alpha value is -1.59. The summed E-state index contributed by atoms with van der Waals surface area (Å²) in [6.07, 6.45) is 0. The van der Waals surface area contributed by atoms with Gasteiger partial charge < -0.3 is 10.1 Å². The zero-order valence-corrected chi connectivity index (χ0v) is 13.3. The van der Waals surface area contributed by atoms with Crippen LogP contribution in [0.5, 0.6) is 5.75 Å². The van der Waals surface area contributed by atoms with Gasteiger partial charge in [-0.1, -0.05) is 28.1 Å². The Kier molecular flexibility index (Phi) is 3.89. The van der Waals surface area contributed by atoms with E-state index in [9.17, 15) is 0 Å². The zero-order valence-electron chi connectivity index (χ0n) is 10.9. The van der Waals surface area contributed by atoms with Crippen LogP contribution in [-0.4, -0.2) is 12.1 Å². The number of nitrogens with one attached hydrogen (secondary N) is 1. The lowest BCUT2D eigenvalue weighted by molar-refractivity contribution is 0.416. The average molecular weight is 349 g/mol. The SMILES string of the molecule is COc1ccc(Br)cc1NCc1nc2ccccc2s1. The Bertz CT molecular complexity index is 709. The Morgan fingerprint density at radius 2 is 2.10 bits per heavy atom. The van der Waals surface area contributed by atoms with Crippen molar-refractivity contribution in [2.24, 2.45) is 0 Å². The van der Waals surface area contributed by atoms with Gasteiger partial charge in [-0.3, -0.25) is 0 Å². The van der Waals surface area contributed by atoms with Gasteiger partial charge in [-0.15, -0.1) is 11.3 Å². The van der Waals surface area contributed by atoms with Crippen molar-refractivity contribution in [2.45, 2.75) is 6.54 Å². The number of aromatic nitrogens is 1. The molecule has 102 valence electrons. The van der Waals surface area contributed by atoms with Gasteiger partial charge in [-0.2, -0.15) is 0 Å². The second-order valence-corrected chi connectivity index (χ2v) is 6.30. The number of halogens is 1. The van der Waals surface area contributed by atoms with E-state index in [1.807, 2.05) is 36.4 Å². The molecule has 0 bridgehead atoms. The summed E-state index contributed by atoms with van der Waals surface area (Å²) < 4.78 is 7.58. The van der Waals surface area contributed by atoms with Crippen LogP contribution < -0.4 is 10.1 Å². The first-order valence-electron chi connectivity index (χ1n) is 6.18. The second kappa shape index (κ2) is 5.81. The first kappa shape index (κ1) is 13.4. The monoisotopic (exact) mass is 348 g/mol. The van der Waals surface area contributed by atoms with Crippen molar-refractivity contribution < 1.29 is 4.74 Å². The van der Waals surface area contributed by atoms with Crippen LogP contribution >= 0.6 is 27.3 Å². The minimum atomic E-state index is 0.687. The number of benzene rings is 2. The third kappa shape index (κ3) is 2.78. The molecule has 2 aromatic carbocycles. The quantitative estimate of drug-likeness (QED) is 0.743. The molecular weight excluding hydrogens is 336 g/mol. The molecule has 3 rings (SSSR count). The molecule has 0 aliphatic heterocycles. The van der Waals surface area contributed by atoms with Crippen molar-refractivity contribution in [3.8, 4) is 5.75 Å². The van der Waals surface area contributed by atoms with Crippen LogP contribution in [0, 0.1) is 0 Å². The number of rotatable bonds is 4. The van der Waals surface area contributed by atoms with Gasteiger partial charge in [-0.25, -0.2) is 4.98 Å². The fraction of sp³-hybridized carbons (Fsp3) is 0.133. The first-order valence-corrected chi connectivity index (χ1v) is 7.79. The molecule has 20 heavy (non-hydrogen) atoms. The molecule has 0 aliphatic rings. The smallest absolute Gasteiger partial charge is 0.142 e. The largest absolute Gasteiger partial charge is 0.495 e. The van der Waals surface area contributed by atoms with E-state index >= 15 is 0 Å². The summed E-state index contributed by atoms with van der Waals surface area (Å²) in [6.45, 7) is 0.687. The highest BCUT2D eigenvalue weighted by Crippen LogP contribution is 2.29. The maximum Gasteiger partial charge on any atom is 0.142 e. The van der Waals surface area contributed by atoms with Crippen LogP contribution in [0.25, 0.3) is 10.2 Å². The number of hydrogen-bond acceptors (Lipinski definition) is 4. The van der Waals surface area contributed by atoms with E-state index in [2.05, 4.69) is 32.3 Å². The lowest BCUT2D eigenvalue weighted by Crippen LogP contribution is -2.00. The van der Waals surface area contributed by atoms with Gasteiger partial charge in [0.2, 0.25) is 0 Å². The molecule has 0 saturated heterocycles. The Morgan fingerprint density at radius 3 is 2.90 bits per heavy atom. The molecule has 0 spiro atoms. The van der Waals surface area contributed by atoms with Gasteiger partial charge in [0.15, 0.2) is 0 Å². The topological polar surface area (TPSA) is 34.1 Å². The molecule has 0 aliphatic carbocycles. The molecule has 0 atom stereocenters. The van der Waals surface area contributed by atoms with Crippen LogP contribution in [-0.2, 0) is 6.54 Å². The van der Waals surface area contributed by atoms with Crippen molar-refractivity contribution in [1.29, 1.82) is 0 Å². The average Bonchev–Trinajstić information content (AvgIpc) is 2.88. The molecule has 5 heteroatoms. The van der Waals surface area contributed by atoms with Crippen molar-refractivity contribution in [3.63, 3.8) is 0 Å². The number of para-hydroxylation sites is 1. The number of anilines is 1. The van der Waals surface area contributed by atoms with Crippen LogP contribution in [0.1, 0.15) is 5.01 Å². The van der Waals surface area contributed by atoms with Crippen LogP contribution in [0.2, 0.25) is 0 Å². The minimum absolute atomic E-state index is 0.687. The minimum Gasteiger partial charge on any atom is -0.495 e. The Labute approximate surface area is 129 Å². The third-order valence-corrected chi connectivity index (χ3v) is 4.46. The fourth-order valence-electron chi connectivity index (χ4n) is 1.98. The van der Waals surface area contributed by atoms with E-state index in [0.717, 1.165) is 26.4 Å². The number of thiazole rings is 1. The predicted molar refractivity (Wildman–Crippen MR) is 87.6 cm³/mol. The lowest BCUT2D eigenvalue weighted by atomic mass is 10.3. The number of methoxy groups -OCH3 is 1. The fourth-order valence-corrected chi connectivity index (χ4v) is 3.25. The summed E-state index contributed by atoms with van der Waals surface area (Å²) in [5, 5.41) is 4.44. The van der Waals surface area contributed by atoms with E-state index in [1.54, 1.807) is 18.4 Å². The molecular formula is C15H13BrN2OS. The summed E-state index contributed by atoms with van der Waals surface area (Å²) in [7, 11) is 1.67. The molecule has 0 radical (unpaired) electrons. The molecule has 0 unspecified atom stereocenters. The van der Waals surface area contributed by atoms with Gasteiger partial charge >= 0.3 is 0 Å². The Balaban J connectivity index is 1.80. The van der Waals surface area contributed by atoms with E-state index in [-0.39, 0.29) is 0 Å². The normalized spacial score (nSPS) is 10.7. The van der Waals surface area contributed by atoms with E-state index in [1.165, 1.54) is 4.70 Å². The van der Waals surface area contributed by atoms with Crippen molar-refractivity contribution in [1.82, 2.24) is 4.98 Å². The predicted octanol–water partition coefficient (Wildman–Crippen LogP) is 4.68. The van der Waals surface area contributed by atoms with Crippen molar-refractivity contribution in [3.05, 3.63) is 51.9 Å². The highest BCUT2D eigenvalue weighted by atomic mass is 79.9. The molecule has 0 amide bonds. The molecule has 3 aromatic rings. The van der Waals surface area contributed by atoms with Gasteiger partial charge in [0.1, 0.15) is 10.8 Å². The Morgan fingerprint density at radius 1 is 1.25 bits per heavy atom. The molecule has 0 fully saturated rings. The maximum atomic E-state index is 5.35. The molecule has 1 aromatic heterocycles. The lowest BCUT2D eigenvalue weighted by Gasteiger charge is -2.10. The van der Waals surface area contributed by atoms with Gasteiger partial charge in [0, 0.05) is 4.47 Å². The van der Waals surface area contributed by atoms with E-state index < -0.39 is 0 Å². The van der Waals surface area contributed by atoms with E-state index in [0.29, 0.717) is 6.54 Å². The maximum absolute atomic E-state index is 5.35. The summed E-state index contributed by atoms with van der Waals surface area (Å²) in [5.74, 6) is 0.828. The van der Waals surface area contributed by atoms with Gasteiger partial charge in [0.25, 0.3) is 0 Å².